The summed E-state index contributed by atoms with van der Waals surface area (Å²) in [6, 6.07) is 7.29. The van der Waals surface area contributed by atoms with Crippen LogP contribution in [0.3, 0.4) is 0 Å². The summed E-state index contributed by atoms with van der Waals surface area (Å²) in [4.78, 5) is 14.8. The van der Waals surface area contributed by atoms with Gasteiger partial charge in [0, 0.05) is 16.1 Å². The fourth-order valence-corrected chi connectivity index (χ4v) is 4.53. The van der Waals surface area contributed by atoms with Crippen LogP contribution < -0.4 is 5.56 Å². The van der Waals surface area contributed by atoms with Crippen molar-refractivity contribution in [3.05, 3.63) is 39.6 Å². The molecule has 0 aromatic carbocycles. The molecule has 5 heteroatoms. The van der Waals surface area contributed by atoms with Gasteiger partial charge in [-0.05, 0) is 23.6 Å². The summed E-state index contributed by atoms with van der Waals surface area (Å²) in [6.07, 6.45) is 0. The first-order valence-corrected chi connectivity index (χ1v) is 10.9. The quantitative estimate of drug-likeness (QED) is 0.683. The van der Waals surface area contributed by atoms with Crippen LogP contribution in [0.5, 0.6) is 0 Å². The number of H-pyrrole nitrogens is 1. The maximum Gasteiger partial charge on any atom is 0.256 e. The molecule has 0 atom stereocenters. The monoisotopic (exact) mass is 297 g/mol. The molecule has 0 fully saturated rings. The van der Waals surface area contributed by atoms with Crippen LogP contribution in [0.15, 0.2) is 34.1 Å². The fourth-order valence-electron chi connectivity index (χ4n) is 1.60. The van der Waals surface area contributed by atoms with Gasteiger partial charge in [0.25, 0.3) is 5.56 Å². The zero-order valence-electron chi connectivity index (χ0n) is 10.7. The third-order valence-electron chi connectivity index (χ3n) is 2.47. The first-order valence-electron chi connectivity index (χ1n) is 5.81. The van der Waals surface area contributed by atoms with Crippen LogP contribution >= 0.6 is 23.4 Å². The first kappa shape index (κ1) is 13.7. The van der Waals surface area contributed by atoms with E-state index >= 15 is 0 Å². The minimum atomic E-state index is -1.13. The maximum atomic E-state index is 11.9. The van der Waals surface area contributed by atoms with E-state index in [1.807, 2.05) is 12.1 Å². The number of aromatic amines is 1. The lowest BCUT2D eigenvalue weighted by molar-refractivity contribution is 1.17. The third-order valence-corrected chi connectivity index (χ3v) is 7.38. The smallest absolute Gasteiger partial charge is 0.256 e. The summed E-state index contributed by atoms with van der Waals surface area (Å²) >= 11 is 7.70. The highest BCUT2D eigenvalue weighted by molar-refractivity contribution is 8.01. The number of rotatable bonds is 3. The lowest BCUT2D eigenvalue weighted by Gasteiger charge is -2.14. The van der Waals surface area contributed by atoms with E-state index in [0.717, 1.165) is 16.0 Å². The molecule has 96 valence electrons. The predicted octanol–water partition coefficient (Wildman–Crippen LogP) is 4.10. The Morgan fingerprint density at radius 3 is 2.39 bits per heavy atom. The Labute approximate surface area is 117 Å². The molecule has 2 aliphatic rings. The van der Waals surface area contributed by atoms with Crippen LogP contribution in [0.4, 0.5) is 0 Å². The highest BCUT2D eigenvalue weighted by Gasteiger charge is 2.18. The van der Waals surface area contributed by atoms with Gasteiger partial charge < -0.3 is 4.98 Å². The molecule has 0 radical (unpaired) electrons. The van der Waals surface area contributed by atoms with Gasteiger partial charge in [0.1, 0.15) is 0 Å². The Bertz CT molecular complexity index is 591. The van der Waals surface area contributed by atoms with Gasteiger partial charge in [-0.1, -0.05) is 37.3 Å². The SMILES string of the molecule is C[Si](C)(C)CSc1[nH]c(=O)c2ccc(Cl)ccc1-2. The van der Waals surface area contributed by atoms with E-state index < -0.39 is 8.07 Å². The van der Waals surface area contributed by atoms with E-state index in [1.54, 1.807) is 23.9 Å². The Morgan fingerprint density at radius 1 is 1.17 bits per heavy atom. The molecule has 0 bridgehead atoms. The molecule has 1 aliphatic carbocycles. The molecule has 1 N–H and O–H groups in total. The van der Waals surface area contributed by atoms with E-state index in [0.29, 0.717) is 10.6 Å². The summed E-state index contributed by atoms with van der Waals surface area (Å²) < 4.78 is 0. The van der Waals surface area contributed by atoms with Crippen LogP contribution in [0, 0.1) is 0 Å². The van der Waals surface area contributed by atoms with Crippen LogP contribution in [-0.4, -0.2) is 18.4 Å². The Kier molecular flexibility index (Phi) is 3.89. The van der Waals surface area contributed by atoms with Crippen molar-refractivity contribution in [2.45, 2.75) is 24.7 Å². The first-order chi connectivity index (χ1) is 8.37. The van der Waals surface area contributed by atoms with Gasteiger partial charge in [-0.15, -0.1) is 11.8 Å². The largest absolute Gasteiger partial charge is 0.316 e. The Morgan fingerprint density at radius 2 is 1.78 bits per heavy atom. The molecule has 0 aromatic heterocycles. The average molecular weight is 298 g/mol. The van der Waals surface area contributed by atoms with E-state index in [1.165, 1.54) is 0 Å². The number of halogens is 1. The molecular formula is C13H16ClNOSSi. The molecule has 1 aliphatic heterocycles. The number of thioether (sulfide) groups is 1. The van der Waals surface area contributed by atoms with Crippen LogP contribution in [0.2, 0.25) is 24.7 Å². The van der Waals surface area contributed by atoms with Crippen molar-refractivity contribution < 1.29 is 0 Å². The molecule has 0 aromatic rings. The summed E-state index contributed by atoms with van der Waals surface area (Å²) in [5.74, 6) is 0. The second kappa shape index (κ2) is 5.11. The van der Waals surface area contributed by atoms with Crippen molar-refractivity contribution in [2.24, 2.45) is 0 Å². The Balaban J connectivity index is 2.40. The topological polar surface area (TPSA) is 32.9 Å². The normalized spacial score (nSPS) is 12.0. The molecule has 0 amide bonds. The molecule has 2 rings (SSSR count). The van der Waals surface area contributed by atoms with Gasteiger partial charge in [-0.2, -0.15) is 0 Å². The van der Waals surface area contributed by atoms with Crippen molar-refractivity contribution in [3.63, 3.8) is 0 Å². The van der Waals surface area contributed by atoms with E-state index in [-0.39, 0.29) is 5.56 Å². The molecule has 0 spiro atoms. The minimum Gasteiger partial charge on any atom is -0.316 e. The van der Waals surface area contributed by atoms with Gasteiger partial charge in [0.2, 0.25) is 0 Å². The molecular weight excluding hydrogens is 282 g/mol. The van der Waals surface area contributed by atoms with Crippen LogP contribution in [0.25, 0.3) is 11.1 Å². The number of aromatic nitrogens is 1. The van der Waals surface area contributed by atoms with Crippen molar-refractivity contribution in [1.82, 2.24) is 4.98 Å². The summed E-state index contributed by atoms with van der Waals surface area (Å²) in [5.41, 5.74) is 1.64. The van der Waals surface area contributed by atoms with Gasteiger partial charge in [0.05, 0.1) is 13.1 Å². The molecule has 0 unspecified atom stereocenters. The van der Waals surface area contributed by atoms with Gasteiger partial charge >= 0.3 is 0 Å². The average Bonchev–Trinajstić information content (AvgIpc) is 2.42. The molecule has 0 saturated heterocycles. The van der Waals surface area contributed by atoms with Gasteiger partial charge in [0.15, 0.2) is 0 Å². The van der Waals surface area contributed by atoms with Crippen molar-refractivity contribution in [1.29, 1.82) is 0 Å². The number of hydrogen-bond acceptors (Lipinski definition) is 2. The van der Waals surface area contributed by atoms with Crippen molar-refractivity contribution in [3.8, 4) is 11.1 Å². The summed E-state index contributed by atoms with van der Waals surface area (Å²) in [5, 5.41) is 2.70. The maximum absolute atomic E-state index is 11.9. The summed E-state index contributed by atoms with van der Waals surface area (Å²) in [6.45, 7) is 6.96. The third kappa shape index (κ3) is 3.19. The van der Waals surface area contributed by atoms with E-state index in [2.05, 4.69) is 24.6 Å². The molecule has 1 heterocycles. The molecule has 18 heavy (non-hydrogen) atoms. The van der Waals surface area contributed by atoms with E-state index in [4.69, 9.17) is 11.6 Å². The van der Waals surface area contributed by atoms with E-state index in [9.17, 15) is 4.79 Å². The van der Waals surface area contributed by atoms with Gasteiger partial charge in [-0.3, -0.25) is 4.79 Å². The minimum absolute atomic E-state index is 0.0321. The zero-order chi connectivity index (χ0) is 13.3. The van der Waals surface area contributed by atoms with Crippen LogP contribution in [0.1, 0.15) is 0 Å². The lowest BCUT2D eigenvalue weighted by Crippen LogP contribution is -2.23. The number of hydrogen-bond donors (Lipinski definition) is 1. The molecule has 0 saturated carbocycles. The highest BCUT2D eigenvalue weighted by atomic mass is 35.5. The van der Waals surface area contributed by atoms with Gasteiger partial charge in [-0.25, -0.2) is 0 Å². The second-order valence-electron chi connectivity index (χ2n) is 5.51. The number of fused-ring (bicyclic) bond motifs is 1. The predicted molar refractivity (Wildman–Crippen MR) is 82.8 cm³/mol. The van der Waals surface area contributed by atoms with Crippen molar-refractivity contribution >= 4 is 31.4 Å². The van der Waals surface area contributed by atoms with Crippen molar-refractivity contribution in [2.75, 3.05) is 5.38 Å². The summed E-state index contributed by atoms with van der Waals surface area (Å²) in [7, 11) is -1.13. The van der Waals surface area contributed by atoms with Crippen LogP contribution in [-0.2, 0) is 0 Å². The lowest BCUT2D eigenvalue weighted by atomic mass is 10.2. The number of nitrogens with one attached hydrogen (secondary N) is 1. The highest BCUT2D eigenvalue weighted by Crippen LogP contribution is 2.31. The fraction of sp³-hybridized carbons (Fsp3) is 0.308. The standard InChI is InChI=1S/C13H16ClNOSSi/c1-18(2,3)8-17-13-11-7-5-9(14)4-6-10(11)12(16)15-13/h4-7H,8H2,1-3H3,(H,15,16). The zero-order valence-corrected chi connectivity index (χ0v) is 13.3. The molecule has 2 nitrogen and oxygen atoms in total. The second-order valence-corrected chi connectivity index (χ2v) is 12.9. The Hall–Kier alpha value is -0.713.